The number of hydrogen-bond acceptors (Lipinski definition) is 3. The lowest BCUT2D eigenvalue weighted by molar-refractivity contribution is 0.00826. The molecule has 4 nitrogen and oxygen atoms in total. The van der Waals surface area contributed by atoms with Crippen LogP contribution >= 0.6 is 0 Å². The van der Waals surface area contributed by atoms with Crippen molar-refractivity contribution in [1.82, 2.24) is 19.6 Å². The Hall–Kier alpha value is -1.65. The molecule has 150 valence electrons. The minimum atomic E-state index is 0.516. The lowest BCUT2D eigenvalue weighted by Crippen LogP contribution is -2.52. The Kier molecular flexibility index (Phi) is 4.80. The summed E-state index contributed by atoms with van der Waals surface area (Å²) in [5, 5.41) is 4.43. The van der Waals surface area contributed by atoms with Gasteiger partial charge in [-0.3, -0.25) is 14.5 Å². The average molecular weight is 379 g/mol. The van der Waals surface area contributed by atoms with Crippen molar-refractivity contribution in [3.05, 3.63) is 53.3 Å². The van der Waals surface area contributed by atoms with Crippen LogP contribution in [0.25, 0.3) is 0 Å². The number of benzene rings is 1. The predicted molar refractivity (Wildman–Crippen MR) is 113 cm³/mol. The molecule has 0 bridgehead atoms. The van der Waals surface area contributed by atoms with E-state index in [-0.39, 0.29) is 0 Å². The molecular formula is C24H34N4. The summed E-state index contributed by atoms with van der Waals surface area (Å²) < 4.78 is 2.00. The lowest BCUT2D eigenvalue weighted by Gasteiger charge is -2.50. The highest BCUT2D eigenvalue weighted by Gasteiger charge is 2.45. The van der Waals surface area contributed by atoms with Gasteiger partial charge in [0.05, 0.1) is 6.20 Å². The molecule has 1 unspecified atom stereocenters. The number of likely N-dealkylation sites (tertiary alicyclic amines) is 2. The van der Waals surface area contributed by atoms with Crippen molar-refractivity contribution in [1.29, 1.82) is 0 Å². The Morgan fingerprint density at radius 2 is 1.86 bits per heavy atom. The Balaban J connectivity index is 1.28. The van der Waals surface area contributed by atoms with E-state index in [0.717, 1.165) is 12.6 Å². The van der Waals surface area contributed by atoms with E-state index in [4.69, 9.17) is 0 Å². The van der Waals surface area contributed by atoms with Crippen LogP contribution in [0.5, 0.6) is 0 Å². The van der Waals surface area contributed by atoms with Crippen molar-refractivity contribution in [2.75, 3.05) is 26.2 Å². The van der Waals surface area contributed by atoms with E-state index in [9.17, 15) is 0 Å². The van der Waals surface area contributed by atoms with Crippen molar-refractivity contribution < 1.29 is 0 Å². The summed E-state index contributed by atoms with van der Waals surface area (Å²) >= 11 is 0. The molecule has 0 radical (unpaired) electrons. The van der Waals surface area contributed by atoms with Crippen LogP contribution in [-0.2, 0) is 13.6 Å². The van der Waals surface area contributed by atoms with Crippen LogP contribution < -0.4 is 0 Å². The predicted octanol–water partition coefficient (Wildman–Crippen LogP) is 3.96. The number of aromatic nitrogens is 2. The lowest BCUT2D eigenvalue weighted by atomic mass is 9.68. The number of piperidine rings is 2. The first-order chi connectivity index (χ1) is 13.6. The molecule has 1 spiro atoms. The highest BCUT2D eigenvalue weighted by molar-refractivity contribution is 5.22. The largest absolute Gasteiger partial charge is 0.299 e. The molecule has 4 heteroatoms. The van der Waals surface area contributed by atoms with E-state index in [0.29, 0.717) is 11.3 Å². The second kappa shape index (κ2) is 7.31. The quantitative estimate of drug-likeness (QED) is 0.805. The Morgan fingerprint density at radius 1 is 1.11 bits per heavy atom. The van der Waals surface area contributed by atoms with E-state index in [2.05, 4.69) is 58.4 Å². The van der Waals surface area contributed by atoms with Gasteiger partial charge < -0.3 is 0 Å². The van der Waals surface area contributed by atoms with Gasteiger partial charge in [0, 0.05) is 44.0 Å². The molecule has 2 saturated heterocycles. The summed E-state index contributed by atoms with van der Waals surface area (Å²) in [6.45, 7) is 8.32. The summed E-state index contributed by atoms with van der Waals surface area (Å²) in [5.41, 5.74) is 4.77. The van der Waals surface area contributed by atoms with Crippen molar-refractivity contribution in [3.63, 3.8) is 0 Å². The fourth-order valence-corrected chi connectivity index (χ4v) is 5.58. The second-order valence-corrected chi connectivity index (χ2v) is 9.63. The maximum absolute atomic E-state index is 4.43. The molecule has 2 aliphatic heterocycles. The molecule has 1 atom stereocenters. The van der Waals surface area contributed by atoms with Gasteiger partial charge in [-0.15, -0.1) is 0 Å². The number of aryl methyl sites for hydroxylation is 1. The van der Waals surface area contributed by atoms with Gasteiger partial charge in [-0.05, 0) is 69.0 Å². The van der Waals surface area contributed by atoms with Gasteiger partial charge in [0.25, 0.3) is 0 Å². The normalized spacial score (nSPS) is 26.0. The second-order valence-electron chi connectivity index (χ2n) is 9.63. The Bertz CT molecular complexity index is 799. The van der Waals surface area contributed by atoms with E-state index in [1.165, 1.54) is 69.5 Å². The van der Waals surface area contributed by atoms with Gasteiger partial charge in [-0.1, -0.05) is 30.3 Å². The van der Waals surface area contributed by atoms with E-state index in [1.54, 1.807) is 5.56 Å². The smallest absolute Gasteiger partial charge is 0.0537 e. The van der Waals surface area contributed by atoms with Crippen LogP contribution in [0.15, 0.2) is 36.5 Å². The minimum Gasteiger partial charge on any atom is -0.299 e. The zero-order valence-electron chi connectivity index (χ0n) is 17.5. The van der Waals surface area contributed by atoms with Crippen LogP contribution in [0, 0.1) is 12.3 Å². The minimum absolute atomic E-state index is 0.516. The van der Waals surface area contributed by atoms with Crippen LogP contribution in [0.4, 0.5) is 0 Å². The standard InChI is InChI=1S/C24H34N4/c1-19-22(15-25-26(19)2)16-27-12-10-24(11-13-27)14-21(20-6-4-3-5-7-20)17-28(18-24)23-8-9-23/h3-7,15,21,23H,8-14,16-18H2,1-2H3. The van der Waals surface area contributed by atoms with Crippen molar-refractivity contribution in [2.45, 2.75) is 57.5 Å². The Labute approximate surface area is 169 Å². The maximum atomic E-state index is 4.43. The van der Waals surface area contributed by atoms with Crippen LogP contribution in [-0.4, -0.2) is 51.8 Å². The van der Waals surface area contributed by atoms with Crippen molar-refractivity contribution in [3.8, 4) is 0 Å². The van der Waals surface area contributed by atoms with E-state index >= 15 is 0 Å². The molecule has 3 aliphatic rings. The first-order valence-electron chi connectivity index (χ1n) is 11.1. The average Bonchev–Trinajstić information content (AvgIpc) is 3.53. The van der Waals surface area contributed by atoms with Crippen molar-refractivity contribution in [2.24, 2.45) is 12.5 Å². The van der Waals surface area contributed by atoms with Gasteiger partial charge in [-0.25, -0.2) is 0 Å². The summed E-state index contributed by atoms with van der Waals surface area (Å²) in [7, 11) is 2.04. The maximum Gasteiger partial charge on any atom is 0.0537 e. The molecule has 0 amide bonds. The first kappa shape index (κ1) is 18.4. The third kappa shape index (κ3) is 3.65. The SMILES string of the molecule is Cc1c(CN2CCC3(CC2)CC(c2ccccc2)CN(C2CC2)C3)cnn1C. The monoisotopic (exact) mass is 378 g/mol. The van der Waals surface area contributed by atoms with Gasteiger partial charge in [-0.2, -0.15) is 5.10 Å². The fraction of sp³-hybridized carbons (Fsp3) is 0.625. The highest BCUT2D eigenvalue weighted by Crippen LogP contribution is 2.47. The summed E-state index contributed by atoms with van der Waals surface area (Å²) in [6, 6.07) is 12.2. The van der Waals surface area contributed by atoms with Crippen molar-refractivity contribution >= 4 is 0 Å². The van der Waals surface area contributed by atoms with Crippen LogP contribution in [0.3, 0.4) is 0 Å². The molecule has 3 heterocycles. The van der Waals surface area contributed by atoms with Crippen LogP contribution in [0.2, 0.25) is 0 Å². The van der Waals surface area contributed by atoms with Gasteiger partial charge >= 0.3 is 0 Å². The fourth-order valence-electron chi connectivity index (χ4n) is 5.58. The topological polar surface area (TPSA) is 24.3 Å². The van der Waals surface area contributed by atoms with E-state index < -0.39 is 0 Å². The van der Waals surface area contributed by atoms with Crippen LogP contribution in [0.1, 0.15) is 54.8 Å². The highest BCUT2D eigenvalue weighted by atomic mass is 15.3. The third-order valence-electron chi connectivity index (χ3n) is 7.65. The van der Waals surface area contributed by atoms with Gasteiger partial charge in [0.2, 0.25) is 0 Å². The molecule has 5 rings (SSSR count). The zero-order chi connectivity index (χ0) is 19.1. The number of hydrogen-bond donors (Lipinski definition) is 0. The third-order valence-corrected chi connectivity index (χ3v) is 7.65. The first-order valence-corrected chi connectivity index (χ1v) is 11.1. The number of rotatable bonds is 4. The molecule has 2 aromatic rings. The molecule has 1 aromatic heterocycles. The molecule has 1 aromatic carbocycles. The molecule has 0 N–H and O–H groups in total. The van der Waals surface area contributed by atoms with Gasteiger partial charge in [0.1, 0.15) is 0 Å². The number of nitrogens with zero attached hydrogens (tertiary/aromatic N) is 4. The van der Waals surface area contributed by atoms with E-state index in [1.807, 2.05) is 11.7 Å². The molecule has 3 fully saturated rings. The Morgan fingerprint density at radius 3 is 2.50 bits per heavy atom. The summed E-state index contributed by atoms with van der Waals surface area (Å²) in [5.74, 6) is 0.711. The molecule has 28 heavy (non-hydrogen) atoms. The summed E-state index contributed by atoms with van der Waals surface area (Å²) in [6.07, 6.45) is 8.96. The molecule has 1 aliphatic carbocycles. The molecule has 1 saturated carbocycles. The zero-order valence-corrected chi connectivity index (χ0v) is 17.5. The van der Waals surface area contributed by atoms with Gasteiger partial charge in [0.15, 0.2) is 0 Å². The molecular weight excluding hydrogens is 344 g/mol. The summed E-state index contributed by atoms with van der Waals surface area (Å²) in [4.78, 5) is 5.50.